The minimum Gasteiger partial charge on any atom is -0.493 e. The van der Waals surface area contributed by atoms with E-state index in [1.54, 1.807) is 11.0 Å². The van der Waals surface area contributed by atoms with Gasteiger partial charge in [-0.25, -0.2) is 4.98 Å². The second-order valence-electron chi connectivity index (χ2n) is 6.74. The number of nitrogens with zero attached hydrogens (tertiary/aromatic N) is 3. The highest BCUT2D eigenvalue weighted by atomic mass is 16.5. The SMILES string of the molecule is COc1cc(C(=O)NCC(=O)NC(Cn2cncn2)c2ccccc2)cc(OC)c1OC. The molecule has 0 aliphatic carbocycles. The number of methoxy groups -OCH3 is 3. The molecule has 0 aliphatic heterocycles. The van der Waals surface area contributed by atoms with Crippen LogP contribution in [0.25, 0.3) is 0 Å². The Bertz CT molecular complexity index is 1020. The number of hydrogen-bond acceptors (Lipinski definition) is 7. The highest BCUT2D eigenvalue weighted by Gasteiger charge is 2.19. The van der Waals surface area contributed by atoms with Crippen molar-refractivity contribution in [3.8, 4) is 17.2 Å². The number of nitrogens with one attached hydrogen (secondary N) is 2. The molecule has 0 saturated carbocycles. The fourth-order valence-corrected chi connectivity index (χ4v) is 3.15. The molecule has 2 amide bonds. The number of carbonyl (C=O) groups is 2. The Labute approximate surface area is 185 Å². The summed E-state index contributed by atoms with van der Waals surface area (Å²) in [5.41, 5.74) is 1.18. The van der Waals surface area contributed by atoms with E-state index in [9.17, 15) is 9.59 Å². The van der Waals surface area contributed by atoms with E-state index in [0.29, 0.717) is 23.8 Å². The molecule has 0 fully saturated rings. The van der Waals surface area contributed by atoms with Gasteiger partial charge in [0.15, 0.2) is 11.5 Å². The number of rotatable bonds is 10. The second-order valence-corrected chi connectivity index (χ2v) is 6.74. The van der Waals surface area contributed by atoms with Gasteiger partial charge >= 0.3 is 0 Å². The lowest BCUT2D eigenvalue weighted by molar-refractivity contribution is -0.121. The van der Waals surface area contributed by atoms with Crippen molar-refractivity contribution in [2.24, 2.45) is 0 Å². The topological polar surface area (TPSA) is 117 Å². The zero-order valence-corrected chi connectivity index (χ0v) is 18.1. The van der Waals surface area contributed by atoms with Crippen molar-refractivity contribution in [2.75, 3.05) is 27.9 Å². The minimum atomic E-state index is -0.452. The Balaban J connectivity index is 1.66. The van der Waals surface area contributed by atoms with Crippen LogP contribution in [0.2, 0.25) is 0 Å². The van der Waals surface area contributed by atoms with Crippen molar-refractivity contribution in [2.45, 2.75) is 12.6 Å². The molecular formula is C22H25N5O5. The highest BCUT2D eigenvalue weighted by molar-refractivity contribution is 5.97. The molecule has 0 radical (unpaired) electrons. The van der Waals surface area contributed by atoms with Crippen molar-refractivity contribution in [1.29, 1.82) is 0 Å². The molecule has 2 N–H and O–H groups in total. The zero-order valence-electron chi connectivity index (χ0n) is 18.1. The smallest absolute Gasteiger partial charge is 0.251 e. The van der Waals surface area contributed by atoms with Crippen molar-refractivity contribution in [1.82, 2.24) is 25.4 Å². The summed E-state index contributed by atoms with van der Waals surface area (Å²) in [6.07, 6.45) is 3.01. The van der Waals surface area contributed by atoms with Crippen molar-refractivity contribution in [3.63, 3.8) is 0 Å². The summed E-state index contributed by atoms with van der Waals surface area (Å²) in [7, 11) is 4.41. The van der Waals surface area contributed by atoms with Gasteiger partial charge in [0.2, 0.25) is 11.7 Å². The van der Waals surface area contributed by atoms with Gasteiger partial charge < -0.3 is 24.8 Å². The summed E-state index contributed by atoms with van der Waals surface area (Å²) in [4.78, 5) is 29.2. The van der Waals surface area contributed by atoms with Crippen LogP contribution < -0.4 is 24.8 Å². The van der Waals surface area contributed by atoms with Crippen LogP contribution in [-0.2, 0) is 11.3 Å². The number of amides is 2. The van der Waals surface area contributed by atoms with Crippen LogP contribution in [0, 0.1) is 0 Å². The first-order valence-corrected chi connectivity index (χ1v) is 9.80. The van der Waals surface area contributed by atoms with Gasteiger partial charge in [-0.05, 0) is 17.7 Å². The Kier molecular flexibility index (Phi) is 7.63. The average molecular weight is 439 g/mol. The van der Waals surface area contributed by atoms with E-state index in [0.717, 1.165) is 5.56 Å². The zero-order chi connectivity index (χ0) is 22.9. The summed E-state index contributed by atoms with van der Waals surface area (Å²) in [5.74, 6) is 0.270. The molecule has 1 aromatic heterocycles. The van der Waals surface area contributed by atoms with Gasteiger partial charge in [-0.3, -0.25) is 14.3 Å². The van der Waals surface area contributed by atoms with Gasteiger partial charge in [0.1, 0.15) is 12.7 Å². The van der Waals surface area contributed by atoms with Gasteiger partial charge in [0.25, 0.3) is 5.91 Å². The summed E-state index contributed by atoms with van der Waals surface area (Å²) >= 11 is 0. The molecule has 32 heavy (non-hydrogen) atoms. The second kappa shape index (κ2) is 10.8. The van der Waals surface area contributed by atoms with Gasteiger partial charge in [-0.15, -0.1) is 0 Å². The Morgan fingerprint density at radius 1 is 1.03 bits per heavy atom. The normalized spacial score (nSPS) is 11.3. The molecule has 0 bridgehead atoms. The van der Waals surface area contributed by atoms with Crippen LogP contribution in [0.5, 0.6) is 17.2 Å². The Morgan fingerprint density at radius 3 is 2.28 bits per heavy atom. The molecule has 1 heterocycles. The van der Waals surface area contributed by atoms with Crippen molar-refractivity contribution < 1.29 is 23.8 Å². The highest BCUT2D eigenvalue weighted by Crippen LogP contribution is 2.38. The summed E-state index contributed by atoms with van der Waals surface area (Å²) in [5, 5.41) is 9.65. The summed E-state index contributed by atoms with van der Waals surface area (Å²) < 4.78 is 17.4. The van der Waals surface area contributed by atoms with Crippen LogP contribution >= 0.6 is 0 Å². The number of aromatic nitrogens is 3. The molecule has 0 saturated heterocycles. The summed E-state index contributed by atoms with van der Waals surface area (Å²) in [6, 6.07) is 12.2. The van der Waals surface area contributed by atoms with Crippen molar-refractivity contribution >= 4 is 11.8 Å². The van der Waals surface area contributed by atoms with E-state index >= 15 is 0 Å². The fraction of sp³-hybridized carbons (Fsp3) is 0.273. The molecular weight excluding hydrogens is 414 g/mol. The predicted octanol–water partition coefficient (Wildman–Crippen LogP) is 1.59. The first-order chi connectivity index (χ1) is 15.5. The maximum absolute atomic E-state index is 12.6. The van der Waals surface area contributed by atoms with E-state index in [1.807, 2.05) is 30.3 Å². The van der Waals surface area contributed by atoms with E-state index < -0.39 is 5.91 Å². The largest absolute Gasteiger partial charge is 0.493 e. The Morgan fingerprint density at radius 2 is 1.72 bits per heavy atom. The molecule has 1 unspecified atom stereocenters. The lowest BCUT2D eigenvalue weighted by Crippen LogP contribution is -2.39. The van der Waals surface area contributed by atoms with Gasteiger partial charge in [0, 0.05) is 5.56 Å². The number of benzene rings is 2. The number of ether oxygens (including phenoxy) is 3. The Hall–Kier alpha value is -4.08. The van der Waals surface area contributed by atoms with E-state index in [1.165, 1.54) is 39.8 Å². The third kappa shape index (κ3) is 5.54. The lowest BCUT2D eigenvalue weighted by Gasteiger charge is -2.19. The van der Waals surface area contributed by atoms with Crippen LogP contribution in [0.4, 0.5) is 0 Å². The quantitative estimate of drug-likeness (QED) is 0.493. The molecule has 10 nitrogen and oxygen atoms in total. The molecule has 3 aromatic rings. The molecule has 0 spiro atoms. The van der Waals surface area contributed by atoms with Crippen LogP contribution in [0.15, 0.2) is 55.1 Å². The lowest BCUT2D eigenvalue weighted by atomic mass is 10.1. The van der Waals surface area contributed by atoms with E-state index in [-0.39, 0.29) is 24.1 Å². The first kappa shape index (κ1) is 22.6. The average Bonchev–Trinajstić information content (AvgIpc) is 3.34. The molecule has 1 atom stereocenters. The fourth-order valence-electron chi connectivity index (χ4n) is 3.15. The molecule has 0 aliphatic rings. The molecule has 168 valence electrons. The third-order valence-corrected chi connectivity index (χ3v) is 4.71. The first-order valence-electron chi connectivity index (χ1n) is 9.80. The monoisotopic (exact) mass is 439 g/mol. The van der Waals surface area contributed by atoms with E-state index in [4.69, 9.17) is 14.2 Å². The van der Waals surface area contributed by atoms with E-state index in [2.05, 4.69) is 20.7 Å². The van der Waals surface area contributed by atoms with Crippen LogP contribution in [-0.4, -0.2) is 54.5 Å². The van der Waals surface area contributed by atoms with Crippen LogP contribution in [0.3, 0.4) is 0 Å². The van der Waals surface area contributed by atoms with Gasteiger partial charge in [0.05, 0.1) is 40.5 Å². The third-order valence-electron chi connectivity index (χ3n) is 4.71. The maximum atomic E-state index is 12.6. The minimum absolute atomic E-state index is 0.212. The van der Waals surface area contributed by atoms with Gasteiger partial charge in [-0.2, -0.15) is 5.10 Å². The standard InChI is InChI=1S/C22H25N5O5/c1-30-18-9-16(10-19(31-2)21(18)32-3)22(29)24-11-20(28)26-17(12-27-14-23-13-25-27)15-7-5-4-6-8-15/h4-10,13-14,17H,11-12H2,1-3H3,(H,24,29)(H,26,28). The molecule has 3 rings (SSSR count). The van der Waals surface area contributed by atoms with Gasteiger partial charge in [-0.1, -0.05) is 30.3 Å². The number of carbonyl (C=O) groups excluding carboxylic acids is 2. The molecule has 10 heteroatoms. The molecule has 2 aromatic carbocycles. The van der Waals surface area contributed by atoms with Crippen LogP contribution in [0.1, 0.15) is 22.0 Å². The number of hydrogen-bond donors (Lipinski definition) is 2. The predicted molar refractivity (Wildman–Crippen MR) is 116 cm³/mol. The van der Waals surface area contributed by atoms with Crippen molar-refractivity contribution in [3.05, 3.63) is 66.2 Å². The maximum Gasteiger partial charge on any atom is 0.251 e. The summed E-state index contributed by atoms with van der Waals surface area (Å²) in [6.45, 7) is 0.187.